The van der Waals surface area contributed by atoms with Gasteiger partial charge in [0, 0.05) is 18.0 Å². The summed E-state index contributed by atoms with van der Waals surface area (Å²) >= 11 is 3.81. The van der Waals surface area contributed by atoms with Crippen LogP contribution in [0.5, 0.6) is 0 Å². The van der Waals surface area contributed by atoms with Gasteiger partial charge in [-0.3, -0.25) is 0 Å². The van der Waals surface area contributed by atoms with Crippen molar-refractivity contribution in [1.82, 2.24) is 0 Å². The molecule has 0 N–H and O–H groups in total. The predicted octanol–water partition coefficient (Wildman–Crippen LogP) is 4.00. The van der Waals surface area contributed by atoms with E-state index in [1.165, 1.54) is 32.1 Å². The van der Waals surface area contributed by atoms with Crippen LogP contribution in [0.3, 0.4) is 0 Å². The van der Waals surface area contributed by atoms with Crippen molar-refractivity contribution < 1.29 is 4.74 Å². The van der Waals surface area contributed by atoms with Crippen molar-refractivity contribution in [1.29, 1.82) is 0 Å². The Bertz CT molecular complexity index is 149. The molecule has 0 spiro atoms. The third-order valence-corrected chi connectivity index (χ3v) is 4.43. The summed E-state index contributed by atoms with van der Waals surface area (Å²) < 4.78 is 5.37. The second-order valence-corrected chi connectivity index (χ2v) is 5.71. The molecule has 0 aliphatic heterocycles. The molecule has 14 heavy (non-hydrogen) atoms. The normalized spacial score (nSPS) is 33.2. The fourth-order valence-electron chi connectivity index (χ4n) is 2.35. The van der Waals surface area contributed by atoms with Gasteiger partial charge in [0.05, 0.1) is 0 Å². The Balaban J connectivity index is 2.14. The summed E-state index contributed by atoms with van der Waals surface area (Å²) in [7, 11) is 0. The van der Waals surface area contributed by atoms with Crippen molar-refractivity contribution in [3.63, 3.8) is 0 Å². The molecule has 1 fully saturated rings. The van der Waals surface area contributed by atoms with E-state index in [1.807, 2.05) is 0 Å². The Morgan fingerprint density at radius 3 is 2.86 bits per heavy atom. The predicted molar refractivity (Wildman–Crippen MR) is 64.9 cm³/mol. The highest BCUT2D eigenvalue weighted by Crippen LogP contribution is 2.35. The zero-order valence-electron chi connectivity index (χ0n) is 9.47. The van der Waals surface area contributed by atoms with E-state index in [9.17, 15) is 0 Å². The Morgan fingerprint density at radius 2 is 2.14 bits per heavy atom. The third kappa shape index (κ3) is 4.31. The molecular weight excluding hydrogens is 240 g/mol. The molecule has 3 atom stereocenters. The first kappa shape index (κ1) is 12.5. The van der Waals surface area contributed by atoms with Crippen molar-refractivity contribution in [2.24, 2.45) is 11.8 Å². The van der Waals surface area contributed by atoms with Crippen LogP contribution in [0.15, 0.2) is 0 Å². The SMILES string of the molecule is CCOCCCC1CC(C)CCC1Br. The quantitative estimate of drug-likeness (QED) is 0.538. The summed E-state index contributed by atoms with van der Waals surface area (Å²) in [6.07, 6.45) is 6.73. The van der Waals surface area contributed by atoms with E-state index in [0.717, 1.165) is 29.9 Å². The smallest absolute Gasteiger partial charge is 0.0466 e. The van der Waals surface area contributed by atoms with E-state index in [1.54, 1.807) is 0 Å². The van der Waals surface area contributed by atoms with Gasteiger partial charge < -0.3 is 4.74 Å². The lowest BCUT2D eigenvalue weighted by molar-refractivity contribution is 0.135. The maximum Gasteiger partial charge on any atom is 0.0466 e. The Hall–Kier alpha value is 0.440. The molecule has 0 aromatic heterocycles. The number of ether oxygens (including phenoxy) is 1. The maximum absolute atomic E-state index is 5.37. The number of hydrogen-bond acceptors (Lipinski definition) is 1. The lowest BCUT2D eigenvalue weighted by atomic mass is 9.80. The highest BCUT2D eigenvalue weighted by atomic mass is 79.9. The van der Waals surface area contributed by atoms with Crippen LogP contribution in [-0.4, -0.2) is 18.0 Å². The van der Waals surface area contributed by atoms with E-state index in [2.05, 4.69) is 29.8 Å². The molecule has 84 valence electrons. The minimum absolute atomic E-state index is 0.764. The number of hydrogen-bond donors (Lipinski definition) is 0. The lowest BCUT2D eigenvalue weighted by Gasteiger charge is -2.31. The van der Waals surface area contributed by atoms with E-state index >= 15 is 0 Å². The summed E-state index contributed by atoms with van der Waals surface area (Å²) in [5, 5.41) is 0. The Morgan fingerprint density at radius 1 is 1.36 bits per heavy atom. The van der Waals surface area contributed by atoms with Crippen LogP contribution >= 0.6 is 15.9 Å². The summed E-state index contributed by atoms with van der Waals surface area (Å²) in [6, 6.07) is 0. The first-order valence-corrected chi connectivity index (χ1v) is 6.87. The molecule has 1 saturated carbocycles. The molecule has 3 unspecified atom stereocenters. The maximum atomic E-state index is 5.37. The van der Waals surface area contributed by atoms with E-state index in [4.69, 9.17) is 4.74 Å². The monoisotopic (exact) mass is 262 g/mol. The molecule has 0 aromatic rings. The average molecular weight is 263 g/mol. The average Bonchev–Trinajstić information content (AvgIpc) is 2.18. The second kappa shape index (κ2) is 6.84. The van der Waals surface area contributed by atoms with Gasteiger partial charge in [-0.25, -0.2) is 0 Å². The van der Waals surface area contributed by atoms with Gasteiger partial charge in [0.2, 0.25) is 0 Å². The fourth-order valence-corrected chi connectivity index (χ4v) is 3.10. The van der Waals surface area contributed by atoms with Gasteiger partial charge in [-0.2, -0.15) is 0 Å². The Kier molecular flexibility index (Phi) is 6.11. The van der Waals surface area contributed by atoms with Crippen LogP contribution < -0.4 is 0 Å². The van der Waals surface area contributed by atoms with Crippen LogP contribution in [0.2, 0.25) is 0 Å². The van der Waals surface area contributed by atoms with Gasteiger partial charge in [-0.15, -0.1) is 0 Å². The summed E-state index contributed by atoms with van der Waals surface area (Å²) in [6.45, 7) is 6.25. The van der Waals surface area contributed by atoms with Crippen LogP contribution in [0.25, 0.3) is 0 Å². The van der Waals surface area contributed by atoms with E-state index in [0.29, 0.717) is 0 Å². The van der Waals surface area contributed by atoms with Crippen molar-refractivity contribution in [2.75, 3.05) is 13.2 Å². The van der Waals surface area contributed by atoms with Gasteiger partial charge in [0.15, 0.2) is 0 Å². The number of rotatable bonds is 5. The van der Waals surface area contributed by atoms with Gasteiger partial charge >= 0.3 is 0 Å². The van der Waals surface area contributed by atoms with Crippen molar-refractivity contribution in [3.8, 4) is 0 Å². The zero-order chi connectivity index (χ0) is 10.4. The van der Waals surface area contributed by atoms with Crippen LogP contribution in [0, 0.1) is 11.8 Å². The number of alkyl halides is 1. The first-order valence-electron chi connectivity index (χ1n) is 5.95. The van der Waals surface area contributed by atoms with Crippen molar-refractivity contribution in [3.05, 3.63) is 0 Å². The summed E-state index contributed by atoms with van der Waals surface area (Å²) in [4.78, 5) is 0.764. The molecule has 2 heteroatoms. The summed E-state index contributed by atoms with van der Waals surface area (Å²) in [5.74, 6) is 1.82. The van der Waals surface area contributed by atoms with Gasteiger partial charge in [-0.1, -0.05) is 22.9 Å². The van der Waals surface area contributed by atoms with Crippen LogP contribution in [-0.2, 0) is 4.74 Å². The van der Waals surface area contributed by atoms with Crippen LogP contribution in [0.1, 0.15) is 46.0 Å². The standard InChI is InChI=1S/C12H23BrO/c1-3-14-8-4-5-11-9-10(2)6-7-12(11)13/h10-12H,3-9H2,1-2H3. The molecule has 1 nitrogen and oxygen atoms in total. The van der Waals surface area contributed by atoms with E-state index in [-0.39, 0.29) is 0 Å². The minimum atomic E-state index is 0.764. The van der Waals surface area contributed by atoms with Gasteiger partial charge in [0.25, 0.3) is 0 Å². The van der Waals surface area contributed by atoms with Crippen molar-refractivity contribution in [2.45, 2.75) is 50.8 Å². The van der Waals surface area contributed by atoms with Gasteiger partial charge in [-0.05, 0) is 50.9 Å². The molecule has 0 saturated heterocycles. The lowest BCUT2D eigenvalue weighted by Crippen LogP contribution is -2.24. The molecule has 0 aromatic carbocycles. The topological polar surface area (TPSA) is 9.23 Å². The molecule has 1 aliphatic rings. The Labute approximate surface area is 96.7 Å². The first-order chi connectivity index (χ1) is 6.74. The fraction of sp³-hybridized carbons (Fsp3) is 1.00. The highest BCUT2D eigenvalue weighted by molar-refractivity contribution is 9.09. The molecule has 0 bridgehead atoms. The molecule has 0 radical (unpaired) electrons. The van der Waals surface area contributed by atoms with Gasteiger partial charge in [0.1, 0.15) is 0 Å². The zero-order valence-corrected chi connectivity index (χ0v) is 11.1. The second-order valence-electron chi connectivity index (χ2n) is 4.53. The minimum Gasteiger partial charge on any atom is -0.382 e. The molecule has 1 rings (SSSR count). The number of halogens is 1. The third-order valence-electron chi connectivity index (χ3n) is 3.22. The molecule has 1 aliphatic carbocycles. The highest BCUT2D eigenvalue weighted by Gasteiger charge is 2.25. The summed E-state index contributed by atoms with van der Waals surface area (Å²) in [5.41, 5.74) is 0. The van der Waals surface area contributed by atoms with Crippen molar-refractivity contribution >= 4 is 15.9 Å². The molecular formula is C12H23BrO. The van der Waals surface area contributed by atoms with Crippen LogP contribution in [0.4, 0.5) is 0 Å². The molecule has 0 heterocycles. The molecule has 0 amide bonds. The van der Waals surface area contributed by atoms with E-state index < -0.39 is 0 Å². The largest absolute Gasteiger partial charge is 0.382 e.